The number of carbonyl (C=O) groups is 1. The maximum atomic E-state index is 13.8. The summed E-state index contributed by atoms with van der Waals surface area (Å²) >= 11 is 0. The van der Waals surface area contributed by atoms with Crippen LogP contribution in [0.15, 0.2) is 61.1 Å². The van der Waals surface area contributed by atoms with E-state index in [4.69, 9.17) is 14.7 Å². The predicted molar refractivity (Wildman–Crippen MR) is 165 cm³/mol. The van der Waals surface area contributed by atoms with Crippen molar-refractivity contribution in [2.75, 3.05) is 24.5 Å². The summed E-state index contributed by atoms with van der Waals surface area (Å²) in [6.45, 7) is 4.98. The first-order chi connectivity index (χ1) is 20.5. The Hall–Kier alpha value is -3.82. The van der Waals surface area contributed by atoms with Crippen molar-refractivity contribution in [3.8, 4) is 16.9 Å². The van der Waals surface area contributed by atoms with Crippen molar-refractivity contribution in [3.05, 3.63) is 77.7 Å². The highest BCUT2D eigenvalue weighted by Gasteiger charge is 2.47. The predicted octanol–water partition coefficient (Wildman–Crippen LogP) is 4.64. The molecule has 213 valence electrons. The van der Waals surface area contributed by atoms with Gasteiger partial charge in [0.05, 0.1) is 27.0 Å². The number of aromatic nitrogens is 3. The molecule has 2 atom stereocenters. The zero-order valence-electron chi connectivity index (χ0n) is 23.9. The summed E-state index contributed by atoms with van der Waals surface area (Å²) in [7, 11) is 3.69. The fraction of sp³-hybridized carbons (Fsp3) is 0.394. The Balaban J connectivity index is 1.17. The van der Waals surface area contributed by atoms with Gasteiger partial charge in [-0.05, 0) is 99.0 Å². The Morgan fingerprint density at radius 1 is 1.07 bits per heavy atom. The molecular formula is C33H35N6O2Si. The van der Waals surface area contributed by atoms with Crippen molar-refractivity contribution in [2.45, 2.75) is 62.8 Å². The van der Waals surface area contributed by atoms with Crippen LogP contribution in [0, 0.1) is 6.92 Å². The van der Waals surface area contributed by atoms with E-state index >= 15 is 0 Å². The van der Waals surface area contributed by atoms with Crippen LogP contribution in [0.5, 0.6) is 5.75 Å². The number of nitrogens with one attached hydrogen (secondary N) is 2. The number of hydrogen-bond acceptors (Lipinski definition) is 7. The summed E-state index contributed by atoms with van der Waals surface area (Å²) in [5, 5.41) is 7.81. The van der Waals surface area contributed by atoms with Crippen molar-refractivity contribution in [2.24, 2.45) is 0 Å². The molecule has 3 aliphatic rings. The van der Waals surface area contributed by atoms with E-state index in [1.807, 2.05) is 49.8 Å². The fourth-order valence-electron chi connectivity index (χ4n) is 6.06. The van der Waals surface area contributed by atoms with Crippen molar-refractivity contribution in [3.63, 3.8) is 0 Å². The normalized spacial score (nSPS) is 20.0. The van der Waals surface area contributed by atoms with Gasteiger partial charge in [0, 0.05) is 54.2 Å². The molecule has 3 fully saturated rings. The van der Waals surface area contributed by atoms with E-state index in [0.29, 0.717) is 11.3 Å². The molecule has 0 spiro atoms. The number of piperidine rings is 1. The van der Waals surface area contributed by atoms with Crippen LogP contribution in [0.1, 0.15) is 60.0 Å². The molecule has 1 saturated carbocycles. The van der Waals surface area contributed by atoms with Gasteiger partial charge in [0.2, 0.25) is 5.95 Å². The molecule has 2 aromatic heterocycles. The lowest BCUT2D eigenvalue weighted by Gasteiger charge is -2.33. The van der Waals surface area contributed by atoms with Crippen LogP contribution in [-0.2, 0) is 5.54 Å². The first-order valence-electron chi connectivity index (χ1n) is 15.0. The number of rotatable bonds is 8. The molecule has 3 radical (unpaired) electrons. The maximum absolute atomic E-state index is 13.8. The van der Waals surface area contributed by atoms with E-state index in [-0.39, 0.29) is 17.7 Å². The molecule has 7 rings (SSSR count). The zero-order valence-corrected chi connectivity index (χ0v) is 24.9. The van der Waals surface area contributed by atoms with Gasteiger partial charge in [-0.15, -0.1) is 0 Å². The highest BCUT2D eigenvalue weighted by molar-refractivity contribution is 6.11. The van der Waals surface area contributed by atoms with Gasteiger partial charge in [-0.3, -0.25) is 9.78 Å². The smallest absolute Gasteiger partial charge is 0.252 e. The number of hydrogen-bond donors (Lipinski definition) is 2. The van der Waals surface area contributed by atoms with E-state index in [0.717, 1.165) is 78.0 Å². The molecule has 2 aliphatic heterocycles. The van der Waals surface area contributed by atoms with E-state index in [9.17, 15) is 4.79 Å². The zero-order chi connectivity index (χ0) is 28.7. The fourth-order valence-corrected chi connectivity index (χ4v) is 6.48. The second kappa shape index (κ2) is 11.1. The summed E-state index contributed by atoms with van der Waals surface area (Å²) in [6.07, 6.45) is 12.1. The van der Waals surface area contributed by atoms with Crippen LogP contribution in [0.4, 0.5) is 5.95 Å². The molecule has 2 aromatic carbocycles. The molecule has 2 N–H and O–H groups in total. The maximum Gasteiger partial charge on any atom is 0.252 e. The number of ether oxygens (including phenoxy) is 1. The van der Waals surface area contributed by atoms with Gasteiger partial charge in [-0.1, -0.05) is 12.1 Å². The average Bonchev–Trinajstić information content (AvgIpc) is 3.77. The van der Waals surface area contributed by atoms with E-state index in [1.54, 1.807) is 0 Å². The van der Waals surface area contributed by atoms with Crippen LogP contribution >= 0.6 is 0 Å². The lowest BCUT2D eigenvalue weighted by atomic mass is 9.94. The molecule has 42 heavy (non-hydrogen) atoms. The second-order valence-electron chi connectivity index (χ2n) is 11.8. The SMILES string of the molecule is Cc1ccc(O[C@@H]([Si])[C@@H]2CCN2)cc1C(=O)NC1(c2cc(-c3cnc(N4CCCCC4)nc3)cc3ncccc23)CC1. The topological polar surface area (TPSA) is 92.3 Å². The van der Waals surface area contributed by atoms with Gasteiger partial charge in [-0.2, -0.15) is 0 Å². The molecular weight excluding hydrogens is 540 g/mol. The molecule has 1 aliphatic carbocycles. The van der Waals surface area contributed by atoms with Crippen molar-refractivity contribution in [1.29, 1.82) is 0 Å². The quantitative estimate of drug-likeness (QED) is 0.296. The van der Waals surface area contributed by atoms with E-state index in [1.165, 1.54) is 19.3 Å². The van der Waals surface area contributed by atoms with Crippen LogP contribution in [0.25, 0.3) is 22.0 Å². The Bertz CT molecular complexity index is 1610. The van der Waals surface area contributed by atoms with Crippen LogP contribution in [0.2, 0.25) is 0 Å². The molecule has 0 bridgehead atoms. The first-order valence-corrected chi connectivity index (χ1v) is 15.6. The molecule has 1 amide bonds. The average molecular weight is 576 g/mol. The number of anilines is 1. The Morgan fingerprint density at radius 2 is 1.86 bits per heavy atom. The monoisotopic (exact) mass is 575 g/mol. The summed E-state index contributed by atoms with van der Waals surface area (Å²) in [6, 6.07) is 14.3. The standard InChI is InChI=1S/C33H35N6O2Si/c1-21-7-8-24(41-31(42)28-9-13-35-28)18-26(21)30(40)38-33(10-11-33)27-16-22(17-29-25(27)6-5-12-34-29)23-19-36-32(37-20-23)39-14-3-2-4-15-39/h5-8,12,16-20,28,31,35H,2-4,9-11,13-15H2,1H3,(H,38,40)/t28-,31-/m0/s1. The minimum Gasteiger partial charge on any atom is -0.493 e. The molecule has 4 heterocycles. The second-order valence-corrected chi connectivity index (χ2v) is 12.4. The van der Waals surface area contributed by atoms with Crippen molar-refractivity contribution >= 4 is 33.0 Å². The molecule has 9 heteroatoms. The third-order valence-electron chi connectivity index (χ3n) is 8.89. The van der Waals surface area contributed by atoms with Gasteiger partial charge in [0.1, 0.15) is 5.75 Å². The number of aryl methyl sites for hydroxylation is 1. The van der Waals surface area contributed by atoms with Gasteiger partial charge in [-0.25, -0.2) is 9.97 Å². The summed E-state index contributed by atoms with van der Waals surface area (Å²) in [5.74, 6) is 1.37. The highest BCUT2D eigenvalue weighted by Crippen LogP contribution is 2.49. The summed E-state index contributed by atoms with van der Waals surface area (Å²) in [5.41, 5.74) is 4.85. The van der Waals surface area contributed by atoms with Gasteiger partial charge >= 0.3 is 0 Å². The first kappa shape index (κ1) is 27.0. The largest absolute Gasteiger partial charge is 0.493 e. The van der Waals surface area contributed by atoms with Crippen LogP contribution < -0.4 is 20.3 Å². The van der Waals surface area contributed by atoms with Crippen LogP contribution in [0.3, 0.4) is 0 Å². The number of nitrogens with zero attached hydrogens (tertiary/aromatic N) is 4. The molecule has 8 nitrogen and oxygen atoms in total. The minimum absolute atomic E-state index is 0.0978. The third-order valence-corrected chi connectivity index (χ3v) is 9.41. The Kier molecular flexibility index (Phi) is 7.15. The lowest BCUT2D eigenvalue weighted by Crippen LogP contribution is -2.53. The molecule has 4 aromatic rings. The number of benzene rings is 2. The van der Waals surface area contributed by atoms with Crippen molar-refractivity contribution < 1.29 is 9.53 Å². The Morgan fingerprint density at radius 3 is 2.57 bits per heavy atom. The number of amides is 1. The summed E-state index contributed by atoms with van der Waals surface area (Å²) in [4.78, 5) is 30.2. The van der Waals surface area contributed by atoms with Gasteiger partial charge in [0.25, 0.3) is 5.91 Å². The molecule has 2 saturated heterocycles. The summed E-state index contributed by atoms with van der Waals surface area (Å²) < 4.78 is 6.11. The van der Waals surface area contributed by atoms with E-state index < -0.39 is 5.54 Å². The molecule has 0 unspecified atom stereocenters. The van der Waals surface area contributed by atoms with E-state index in [2.05, 4.69) is 49.0 Å². The Labute approximate surface area is 249 Å². The third kappa shape index (κ3) is 5.27. The van der Waals surface area contributed by atoms with Crippen molar-refractivity contribution in [1.82, 2.24) is 25.6 Å². The number of carbonyl (C=O) groups excluding carboxylic acids is 1. The lowest BCUT2D eigenvalue weighted by molar-refractivity contribution is 0.0929. The van der Waals surface area contributed by atoms with Gasteiger partial charge < -0.3 is 20.3 Å². The van der Waals surface area contributed by atoms with Crippen LogP contribution in [-0.4, -0.2) is 62.5 Å². The minimum atomic E-state index is -0.459. The highest BCUT2D eigenvalue weighted by atomic mass is 28.1. The number of fused-ring (bicyclic) bond motifs is 1. The number of pyridine rings is 1. The van der Waals surface area contributed by atoms with Gasteiger partial charge in [0.15, 0.2) is 0 Å².